The number of hydrogen-bond donors (Lipinski definition) is 1. The van der Waals surface area contributed by atoms with Crippen LogP contribution < -0.4 is 10.1 Å². The molecule has 1 aromatic rings. The minimum atomic E-state index is 0.382. The standard InChI is InChI=1S/C16H26N2O/c1-17-12-16(10-5-11-16)15(18(2)3)13-6-8-14(19-4)9-7-13/h6-9,15,17H,5,10-12H2,1-4H3. The normalized spacial score (nSPS) is 19.0. The van der Waals surface area contributed by atoms with Crippen molar-refractivity contribution in [1.82, 2.24) is 10.2 Å². The molecule has 2 rings (SSSR count). The van der Waals surface area contributed by atoms with Gasteiger partial charge in [0, 0.05) is 18.0 Å². The van der Waals surface area contributed by atoms with Crippen LogP contribution in [0.25, 0.3) is 0 Å². The van der Waals surface area contributed by atoms with E-state index in [9.17, 15) is 0 Å². The third-order valence-electron chi connectivity index (χ3n) is 4.41. The smallest absolute Gasteiger partial charge is 0.118 e. The van der Waals surface area contributed by atoms with Crippen molar-refractivity contribution < 1.29 is 4.74 Å². The van der Waals surface area contributed by atoms with Gasteiger partial charge in [-0.05, 0) is 51.7 Å². The summed E-state index contributed by atoms with van der Waals surface area (Å²) in [6, 6.07) is 9.02. The Kier molecular flexibility index (Phi) is 4.48. The van der Waals surface area contributed by atoms with Gasteiger partial charge in [0.1, 0.15) is 5.75 Å². The number of nitrogens with one attached hydrogen (secondary N) is 1. The molecule has 0 radical (unpaired) electrons. The first-order valence-electron chi connectivity index (χ1n) is 7.08. The Bertz CT molecular complexity index is 396. The van der Waals surface area contributed by atoms with Crippen molar-refractivity contribution in [2.24, 2.45) is 5.41 Å². The van der Waals surface area contributed by atoms with E-state index in [1.165, 1.54) is 24.8 Å². The monoisotopic (exact) mass is 262 g/mol. The SMILES string of the molecule is CNCC1(C(c2ccc(OC)cc2)N(C)C)CCC1. The second-order valence-corrected chi connectivity index (χ2v) is 5.89. The molecule has 19 heavy (non-hydrogen) atoms. The van der Waals surface area contributed by atoms with Crippen molar-refractivity contribution in [3.63, 3.8) is 0 Å². The van der Waals surface area contributed by atoms with Crippen LogP contribution in [0.3, 0.4) is 0 Å². The maximum atomic E-state index is 5.26. The van der Waals surface area contributed by atoms with Crippen LogP contribution in [0.4, 0.5) is 0 Å². The molecule has 3 nitrogen and oxygen atoms in total. The summed E-state index contributed by atoms with van der Waals surface area (Å²) in [6.07, 6.45) is 3.97. The molecule has 0 spiro atoms. The Balaban J connectivity index is 2.28. The number of nitrogens with zero attached hydrogens (tertiary/aromatic N) is 1. The van der Waals surface area contributed by atoms with Crippen molar-refractivity contribution in [1.29, 1.82) is 0 Å². The van der Waals surface area contributed by atoms with Crippen LogP contribution in [0, 0.1) is 5.41 Å². The lowest BCUT2D eigenvalue weighted by Crippen LogP contribution is -2.48. The molecule has 0 saturated heterocycles. The van der Waals surface area contributed by atoms with E-state index in [0.717, 1.165) is 12.3 Å². The molecular weight excluding hydrogens is 236 g/mol. The highest BCUT2D eigenvalue weighted by atomic mass is 16.5. The van der Waals surface area contributed by atoms with Gasteiger partial charge < -0.3 is 15.0 Å². The van der Waals surface area contributed by atoms with Gasteiger partial charge >= 0.3 is 0 Å². The zero-order valence-corrected chi connectivity index (χ0v) is 12.6. The van der Waals surface area contributed by atoms with E-state index in [4.69, 9.17) is 4.74 Å². The maximum Gasteiger partial charge on any atom is 0.118 e. The Morgan fingerprint density at radius 1 is 1.26 bits per heavy atom. The van der Waals surface area contributed by atoms with Crippen LogP contribution in [0.15, 0.2) is 24.3 Å². The third kappa shape index (κ3) is 2.77. The van der Waals surface area contributed by atoms with Crippen LogP contribution >= 0.6 is 0 Å². The summed E-state index contributed by atoms with van der Waals surface area (Å²) in [7, 11) is 8.14. The summed E-state index contributed by atoms with van der Waals surface area (Å²) < 4.78 is 5.26. The van der Waals surface area contributed by atoms with Crippen molar-refractivity contribution in [2.75, 3.05) is 34.8 Å². The van der Waals surface area contributed by atoms with E-state index in [0.29, 0.717) is 11.5 Å². The van der Waals surface area contributed by atoms with Gasteiger partial charge in [0.15, 0.2) is 0 Å². The lowest BCUT2D eigenvalue weighted by atomic mass is 9.62. The fourth-order valence-electron chi connectivity index (χ4n) is 3.52. The molecule has 106 valence electrons. The minimum absolute atomic E-state index is 0.382. The van der Waals surface area contributed by atoms with Crippen molar-refractivity contribution in [3.05, 3.63) is 29.8 Å². The van der Waals surface area contributed by atoms with E-state index < -0.39 is 0 Å². The molecule has 1 aliphatic rings. The minimum Gasteiger partial charge on any atom is -0.497 e. The number of rotatable bonds is 6. The van der Waals surface area contributed by atoms with Crippen LogP contribution in [0.5, 0.6) is 5.75 Å². The molecular formula is C16H26N2O. The van der Waals surface area contributed by atoms with Gasteiger partial charge in [0.25, 0.3) is 0 Å². The van der Waals surface area contributed by atoms with E-state index in [2.05, 4.69) is 55.6 Å². The highest BCUT2D eigenvalue weighted by Crippen LogP contribution is 2.51. The molecule has 1 N–H and O–H groups in total. The summed E-state index contributed by atoms with van der Waals surface area (Å²) in [5, 5.41) is 3.39. The Morgan fingerprint density at radius 2 is 1.89 bits per heavy atom. The number of ether oxygens (including phenoxy) is 1. The van der Waals surface area contributed by atoms with Crippen LogP contribution in [-0.4, -0.2) is 39.7 Å². The molecule has 1 aliphatic carbocycles. The van der Waals surface area contributed by atoms with Gasteiger partial charge in [-0.2, -0.15) is 0 Å². The molecule has 0 amide bonds. The molecule has 0 bridgehead atoms. The van der Waals surface area contributed by atoms with Crippen LogP contribution in [-0.2, 0) is 0 Å². The first kappa shape index (κ1) is 14.4. The topological polar surface area (TPSA) is 24.5 Å². The highest BCUT2D eigenvalue weighted by Gasteiger charge is 2.45. The zero-order valence-electron chi connectivity index (χ0n) is 12.6. The van der Waals surface area contributed by atoms with Crippen molar-refractivity contribution >= 4 is 0 Å². The second kappa shape index (κ2) is 5.93. The number of methoxy groups -OCH3 is 1. The largest absolute Gasteiger partial charge is 0.497 e. The third-order valence-corrected chi connectivity index (χ3v) is 4.41. The van der Waals surface area contributed by atoms with Gasteiger partial charge in [0.05, 0.1) is 7.11 Å². The second-order valence-electron chi connectivity index (χ2n) is 5.89. The molecule has 1 saturated carbocycles. The van der Waals surface area contributed by atoms with Crippen molar-refractivity contribution in [2.45, 2.75) is 25.3 Å². The number of hydrogen-bond acceptors (Lipinski definition) is 3. The maximum absolute atomic E-state index is 5.26. The van der Waals surface area contributed by atoms with E-state index in [1.807, 2.05) is 0 Å². The zero-order chi connectivity index (χ0) is 13.9. The van der Waals surface area contributed by atoms with Crippen LogP contribution in [0.1, 0.15) is 30.9 Å². The highest BCUT2D eigenvalue weighted by molar-refractivity contribution is 5.31. The summed E-state index contributed by atoms with van der Waals surface area (Å²) in [5.74, 6) is 0.928. The summed E-state index contributed by atoms with van der Waals surface area (Å²) >= 11 is 0. The van der Waals surface area contributed by atoms with Gasteiger partial charge in [-0.15, -0.1) is 0 Å². The fraction of sp³-hybridized carbons (Fsp3) is 0.625. The molecule has 1 fully saturated rings. The first-order valence-corrected chi connectivity index (χ1v) is 7.08. The molecule has 0 aliphatic heterocycles. The van der Waals surface area contributed by atoms with Gasteiger partial charge in [0.2, 0.25) is 0 Å². The fourth-order valence-corrected chi connectivity index (χ4v) is 3.52. The molecule has 3 heteroatoms. The predicted octanol–water partition coefficient (Wildman–Crippen LogP) is 2.69. The Morgan fingerprint density at radius 3 is 2.26 bits per heavy atom. The van der Waals surface area contributed by atoms with Gasteiger partial charge in [-0.25, -0.2) is 0 Å². The summed E-state index contributed by atoms with van der Waals surface area (Å²) in [5.41, 5.74) is 1.77. The van der Waals surface area contributed by atoms with Gasteiger partial charge in [-0.3, -0.25) is 0 Å². The summed E-state index contributed by atoms with van der Waals surface area (Å²) in [6.45, 7) is 1.09. The van der Waals surface area contributed by atoms with E-state index in [-0.39, 0.29) is 0 Å². The van der Waals surface area contributed by atoms with E-state index in [1.54, 1.807) is 7.11 Å². The average molecular weight is 262 g/mol. The molecule has 0 heterocycles. The molecule has 1 aromatic carbocycles. The Labute approximate surface area is 116 Å². The average Bonchev–Trinajstić information content (AvgIpc) is 2.36. The predicted molar refractivity (Wildman–Crippen MR) is 79.6 cm³/mol. The molecule has 1 unspecified atom stereocenters. The quantitative estimate of drug-likeness (QED) is 0.853. The lowest BCUT2D eigenvalue weighted by Gasteiger charge is -2.50. The van der Waals surface area contributed by atoms with Crippen molar-refractivity contribution in [3.8, 4) is 5.75 Å². The number of benzene rings is 1. The lowest BCUT2D eigenvalue weighted by molar-refractivity contribution is 0.0216. The summed E-state index contributed by atoms with van der Waals surface area (Å²) in [4.78, 5) is 2.36. The van der Waals surface area contributed by atoms with E-state index >= 15 is 0 Å². The molecule has 1 atom stereocenters. The van der Waals surface area contributed by atoms with Crippen LogP contribution in [0.2, 0.25) is 0 Å². The van der Waals surface area contributed by atoms with Gasteiger partial charge in [-0.1, -0.05) is 18.6 Å². The first-order chi connectivity index (χ1) is 9.13. The Hall–Kier alpha value is -1.06. The molecule has 0 aromatic heterocycles.